The van der Waals surface area contributed by atoms with Crippen molar-refractivity contribution in [3.05, 3.63) is 0 Å². The van der Waals surface area contributed by atoms with Gasteiger partial charge in [-0.15, -0.1) is 12.4 Å². The maximum Gasteiger partial charge on any atom is 0.136 e. The van der Waals surface area contributed by atoms with Gasteiger partial charge in [0.1, 0.15) is 5.78 Å². The zero-order chi connectivity index (χ0) is 8.36. The van der Waals surface area contributed by atoms with E-state index in [1.807, 2.05) is 32.8 Å². The van der Waals surface area contributed by atoms with Crippen LogP contribution in [-0.4, -0.2) is 31.3 Å². The van der Waals surface area contributed by atoms with Gasteiger partial charge in [-0.3, -0.25) is 4.79 Å². The van der Waals surface area contributed by atoms with Gasteiger partial charge < -0.3 is 4.90 Å². The molecule has 0 heterocycles. The molecule has 0 saturated carbocycles. The predicted octanol–water partition coefficient (Wildman–Crippen LogP) is 1.58. The summed E-state index contributed by atoms with van der Waals surface area (Å²) >= 11 is 0. The Hall–Kier alpha value is -0.0800. The van der Waals surface area contributed by atoms with Gasteiger partial charge >= 0.3 is 0 Å². The molecule has 0 atom stereocenters. The fraction of sp³-hybridized carbons (Fsp3) is 0.875. The molecule has 0 aliphatic carbocycles. The van der Waals surface area contributed by atoms with E-state index in [-0.39, 0.29) is 23.6 Å². The summed E-state index contributed by atoms with van der Waals surface area (Å²) in [5.41, 5.74) is -0.191. The van der Waals surface area contributed by atoms with Crippen LogP contribution in [0.15, 0.2) is 0 Å². The van der Waals surface area contributed by atoms with E-state index >= 15 is 0 Å². The number of carbonyl (C=O) groups excluding carboxylic acids is 1. The number of nitrogens with zero attached hydrogens (tertiary/aromatic N) is 1. The lowest BCUT2D eigenvalue weighted by Crippen LogP contribution is -2.33. The van der Waals surface area contributed by atoms with Crippen molar-refractivity contribution < 1.29 is 4.79 Å². The average Bonchev–Trinajstić information content (AvgIpc) is 1.60. The third-order valence-corrected chi connectivity index (χ3v) is 1.66. The Labute approximate surface area is 75.4 Å². The van der Waals surface area contributed by atoms with Crippen molar-refractivity contribution in [1.82, 2.24) is 4.90 Å². The summed E-state index contributed by atoms with van der Waals surface area (Å²) in [6.45, 7) is 6.40. The molecule has 0 unspecified atom stereocenters. The molecule has 0 saturated heterocycles. The molecule has 3 heteroatoms. The first-order valence-electron chi connectivity index (χ1n) is 3.52. The molecule has 0 aromatic carbocycles. The van der Waals surface area contributed by atoms with Crippen LogP contribution in [0.25, 0.3) is 0 Å². The van der Waals surface area contributed by atoms with E-state index in [1.54, 1.807) is 6.92 Å². The molecule has 0 N–H and O–H groups in total. The van der Waals surface area contributed by atoms with Gasteiger partial charge in [-0.1, -0.05) is 13.8 Å². The van der Waals surface area contributed by atoms with E-state index < -0.39 is 0 Å². The van der Waals surface area contributed by atoms with E-state index in [9.17, 15) is 4.79 Å². The summed E-state index contributed by atoms with van der Waals surface area (Å²) in [7, 11) is 3.95. The zero-order valence-electron chi connectivity index (χ0n) is 7.97. The van der Waals surface area contributed by atoms with Crippen LogP contribution in [0.4, 0.5) is 0 Å². The zero-order valence-corrected chi connectivity index (χ0v) is 8.79. The molecule has 0 rings (SSSR count). The first-order valence-corrected chi connectivity index (χ1v) is 3.52. The standard InChI is InChI=1S/C8H17NO.ClH/c1-7(10)8(2,3)6-9(4)5;/h6H2,1-5H3;1H. The fourth-order valence-electron chi connectivity index (χ4n) is 0.902. The highest BCUT2D eigenvalue weighted by molar-refractivity contribution is 5.85. The van der Waals surface area contributed by atoms with Crippen LogP contribution in [0.3, 0.4) is 0 Å². The van der Waals surface area contributed by atoms with Crippen LogP contribution < -0.4 is 0 Å². The third-order valence-electron chi connectivity index (χ3n) is 1.66. The van der Waals surface area contributed by atoms with Crippen LogP contribution in [0.1, 0.15) is 20.8 Å². The summed E-state index contributed by atoms with van der Waals surface area (Å²) in [4.78, 5) is 13.0. The monoisotopic (exact) mass is 179 g/mol. The van der Waals surface area contributed by atoms with Crippen LogP contribution in [0.5, 0.6) is 0 Å². The Kier molecular flexibility index (Phi) is 5.81. The van der Waals surface area contributed by atoms with Gasteiger partial charge in [0.05, 0.1) is 0 Å². The molecular formula is C8H18ClNO. The van der Waals surface area contributed by atoms with Crippen molar-refractivity contribution in [2.45, 2.75) is 20.8 Å². The lowest BCUT2D eigenvalue weighted by atomic mass is 9.89. The molecular weight excluding hydrogens is 162 g/mol. The molecule has 0 aromatic heterocycles. The molecule has 0 aromatic rings. The molecule has 11 heavy (non-hydrogen) atoms. The molecule has 0 amide bonds. The Morgan fingerprint density at radius 1 is 1.36 bits per heavy atom. The molecule has 0 spiro atoms. The van der Waals surface area contributed by atoms with E-state index in [4.69, 9.17) is 0 Å². The minimum atomic E-state index is -0.191. The van der Waals surface area contributed by atoms with Crippen LogP contribution >= 0.6 is 12.4 Å². The minimum absolute atomic E-state index is 0. The number of hydrogen-bond acceptors (Lipinski definition) is 2. The van der Waals surface area contributed by atoms with Crippen molar-refractivity contribution in [3.8, 4) is 0 Å². The molecule has 2 nitrogen and oxygen atoms in total. The Morgan fingerprint density at radius 2 is 1.73 bits per heavy atom. The number of Topliss-reactive ketones (excluding diaryl/α,β-unsaturated/α-hetero) is 1. The fourth-order valence-corrected chi connectivity index (χ4v) is 0.902. The van der Waals surface area contributed by atoms with Gasteiger partial charge in [-0.25, -0.2) is 0 Å². The van der Waals surface area contributed by atoms with Crippen molar-refractivity contribution >= 4 is 18.2 Å². The van der Waals surface area contributed by atoms with E-state index in [0.29, 0.717) is 0 Å². The number of hydrogen-bond donors (Lipinski definition) is 0. The number of rotatable bonds is 3. The summed E-state index contributed by atoms with van der Waals surface area (Å²) in [5.74, 6) is 0.251. The van der Waals surface area contributed by atoms with E-state index in [1.165, 1.54) is 0 Å². The topological polar surface area (TPSA) is 20.3 Å². The first-order chi connectivity index (χ1) is 4.36. The maximum atomic E-state index is 11.0. The van der Waals surface area contributed by atoms with Gasteiger partial charge in [0.15, 0.2) is 0 Å². The van der Waals surface area contributed by atoms with Crippen LogP contribution in [0.2, 0.25) is 0 Å². The number of halogens is 1. The second-order valence-corrected chi connectivity index (χ2v) is 3.68. The van der Waals surface area contributed by atoms with Crippen LogP contribution in [-0.2, 0) is 4.79 Å². The average molecular weight is 180 g/mol. The second kappa shape index (κ2) is 4.73. The van der Waals surface area contributed by atoms with Gasteiger partial charge in [-0.05, 0) is 21.0 Å². The highest BCUT2D eigenvalue weighted by Crippen LogP contribution is 2.16. The molecule has 0 aliphatic heterocycles. The maximum absolute atomic E-state index is 11.0. The van der Waals surface area contributed by atoms with E-state index in [0.717, 1.165) is 6.54 Å². The molecule has 0 radical (unpaired) electrons. The summed E-state index contributed by atoms with van der Waals surface area (Å²) in [6.07, 6.45) is 0. The Bertz CT molecular complexity index is 132. The van der Waals surface area contributed by atoms with Crippen molar-refractivity contribution in [2.75, 3.05) is 20.6 Å². The van der Waals surface area contributed by atoms with Gasteiger partial charge in [-0.2, -0.15) is 0 Å². The molecule has 0 aliphatic rings. The normalized spacial score (nSPS) is 11.1. The largest absolute Gasteiger partial charge is 0.308 e. The van der Waals surface area contributed by atoms with Crippen molar-refractivity contribution in [1.29, 1.82) is 0 Å². The van der Waals surface area contributed by atoms with Crippen molar-refractivity contribution in [2.24, 2.45) is 5.41 Å². The van der Waals surface area contributed by atoms with E-state index in [2.05, 4.69) is 0 Å². The number of carbonyl (C=O) groups is 1. The lowest BCUT2D eigenvalue weighted by molar-refractivity contribution is -0.125. The Balaban J connectivity index is 0. The van der Waals surface area contributed by atoms with Crippen LogP contribution in [0, 0.1) is 5.41 Å². The third kappa shape index (κ3) is 5.22. The predicted molar refractivity (Wildman–Crippen MR) is 50.3 cm³/mol. The number of ketones is 1. The molecule has 68 valence electrons. The Morgan fingerprint density at radius 3 is 1.82 bits per heavy atom. The SMILES string of the molecule is CC(=O)C(C)(C)CN(C)C.Cl. The molecule has 0 bridgehead atoms. The first kappa shape index (κ1) is 13.5. The summed E-state index contributed by atoms with van der Waals surface area (Å²) in [5, 5.41) is 0. The highest BCUT2D eigenvalue weighted by Gasteiger charge is 2.23. The quantitative estimate of drug-likeness (QED) is 0.656. The second-order valence-electron chi connectivity index (χ2n) is 3.68. The van der Waals surface area contributed by atoms with Crippen molar-refractivity contribution in [3.63, 3.8) is 0 Å². The van der Waals surface area contributed by atoms with Gasteiger partial charge in [0.25, 0.3) is 0 Å². The van der Waals surface area contributed by atoms with Gasteiger partial charge in [0.2, 0.25) is 0 Å². The minimum Gasteiger partial charge on any atom is -0.308 e. The highest BCUT2D eigenvalue weighted by atomic mass is 35.5. The summed E-state index contributed by atoms with van der Waals surface area (Å²) < 4.78 is 0. The smallest absolute Gasteiger partial charge is 0.136 e. The lowest BCUT2D eigenvalue weighted by Gasteiger charge is -2.24. The molecule has 0 fully saturated rings. The summed E-state index contributed by atoms with van der Waals surface area (Å²) in [6, 6.07) is 0. The van der Waals surface area contributed by atoms with Gasteiger partial charge in [0, 0.05) is 12.0 Å².